The lowest BCUT2D eigenvalue weighted by atomic mass is 9.88. The molecule has 1 heterocycles. The van der Waals surface area contributed by atoms with Gasteiger partial charge in [-0.15, -0.1) is 0 Å². The SMILES string of the molecule is CCN1CCC(c2cccc(Cl)c2N)CC1. The first kappa shape index (κ1) is 11.7. The average molecular weight is 239 g/mol. The van der Waals surface area contributed by atoms with E-state index in [-0.39, 0.29) is 0 Å². The average Bonchev–Trinajstić information content (AvgIpc) is 2.33. The van der Waals surface area contributed by atoms with E-state index in [4.69, 9.17) is 17.3 Å². The van der Waals surface area contributed by atoms with Crippen molar-refractivity contribution in [2.45, 2.75) is 25.7 Å². The van der Waals surface area contributed by atoms with Crippen LogP contribution in [0.4, 0.5) is 5.69 Å². The van der Waals surface area contributed by atoms with Crippen molar-refractivity contribution in [2.24, 2.45) is 0 Å². The van der Waals surface area contributed by atoms with Gasteiger partial charge in [0, 0.05) is 0 Å². The van der Waals surface area contributed by atoms with Gasteiger partial charge < -0.3 is 10.6 Å². The van der Waals surface area contributed by atoms with Crippen molar-refractivity contribution in [1.82, 2.24) is 4.90 Å². The molecule has 1 aliphatic rings. The number of nitrogens with zero attached hydrogens (tertiary/aromatic N) is 1. The van der Waals surface area contributed by atoms with Crippen LogP contribution in [0.1, 0.15) is 31.2 Å². The molecule has 1 saturated heterocycles. The monoisotopic (exact) mass is 238 g/mol. The normalized spacial score (nSPS) is 18.9. The highest BCUT2D eigenvalue weighted by Gasteiger charge is 2.21. The second kappa shape index (κ2) is 5.07. The molecule has 0 amide bonds. The van der Waals surface area contributed by atoms with Gasteiger partial charge in [-0.1, -0.05) is 30.7 Å². The minimum absolute atomic E-state index is 0.585. The number of benzene rings is 1. The van der Waals surface area contributed by atoms with Gasteiger partial charge in [-0.3, -0.25) is 0 Å². The smallest absolute Gasteiger partial charge is 0.0638 e. The maximum atomic E-state index is 6.05. The highest BCUT2D eigenvalue weighted by atomic mass is 35.5. The van der Waals surface area contributed by atoms with Gasteiger partial charge in [0.15, 0.2) is 0 Å². The topological polar surface area (TPSA) is 29.3 Å². The minimum atomic E-state index is 0.585. The standard InChI is InChI=1S/C13H19ClN2/c1-2-16-8-6-10(7-9-16)11-4-3-5-12(14)13(11)15/h3-5,10H,2,6-9,15H2,1H3. The van der Waals surface area contributed by atoms with Crippen molar-refractivity contribution in [3.63, 3.8) is 0 Å². The first-order valence-corrected chi connectivity index (χ1v) is 6.36. The molecule has 88 valence electrons. The van der Waals surface area contributed by atoms with Crippen LogP contribution in [-0.2, 0) is 0 Å². The molecule has 3 heteroatoms. The summed E-state index contributed by atoms with van der Waals surface area (Å²) in [5.74, 6) is 0.585. The Morgan fingerprint density at radius 1 is 1.38 bits per heavy atom. The van der Waals surface area contributed by atoms with E-state index in [0.29, 0.717) is 10.9 Å². The van der Waals surface area contributed by atoms with E-state index in [0.717, 1.165) is 12.2 Å². The summed E-state index contributed by atoms with van der Waals surface area (Å²) in [4.78, 5) is 2.48. The Labute approximate surface area is 102 Å². The second-order valence-corrected chi connectivity index (χ2v) is 4.86. The fourth-order valence-electron chi connectivity index (χ4n) is 2.47. The highest BCUT2D eigenvalue weighted by Crippen LogP contribution is 2.34. The molecule has 0 atom stereocenters. The van der Waals surface area contributed by atoms with Crippen LogP contribution in [0, 0.1) is 0 Å². The summed E-state index contributed by atoms with van der Waals surface area (Å²) in [7, 11) is 0. The number of rotatable bonds is 2. The first-order chi connectivity index (χ1) is 7.72. The summed E-state index contributed by atoms with van der Waals surface area (Å²) in [5.41, 5.74) is 8.05. The zero-order chi connectivity index (χ0) is 11.5. The van der Waals surface area contributed by atoms with Crippen LogP contribution in [0.25, 0.3) is 0 Å². The van der Waals surface area contributed by atoms with Crippen molar-refractivity contribution < 1.29 is 0 Å². The Hall–Kier alpha value is -0.730. The number of anilines is 1. The molecule has 1 aromatic rings. The third kappa shape index (κ3) is 2.33. The summed E-state index contributed by atoms with van der Waals surface area (Å²) < 4.78 is 0. The first-order valence-electron chi connectivity index (χ1n) is 5.98. The molecule has 1 aliphatic heterocycles. The molecule has 0 aromatic heterocycles. The number of halogens is 1. The van der Waals surface area contributed by atoms with Gasteiger partial charge in [0.05, 0.1) is 10.7 Å². The lowest BCUT2D eigenvalue weighted by Crippen LogP contribution is -2.32. The molecule has 0 radical (unpaired) electrons. The summed E-state index contributed by atoms with van der Waals surface area (Å²) in [6, 6.07) is 5.98. The van der Waals surface area contributed by atoms with E-state index in [9.17, 15) is 0 Å². The summed E-state index contributed by atoms with van der Waals surface area (Å²) in [5, 5.41) is 0.690. The predicted octanol–water partition coefficient (Wildman–Crippen LogP) is 3.12. The number of hydrogen-bond donors (Lipinski definition) is 1. The molecule has 2 nitrogen and oxygen atoms in total. The molecule has 0 spiro atoms. The zero-order valence-corrected chi connectivity index (χ0v) is 10.5. The van der Waals surface area contributed by atoms with Crippen molar-refractivity contribution in [3.05, 3.63) is 28.8 Å². The minimum Gasteiger partial charge on any atom is -0.397 e. The Kier molecular flexibility index (Phi) is 3.72. The third-order valence-corrected chi connectivity index (χ3v) is 3.89. The molecule has 0 saturated carbocycles. The van der Waals surface area contributed by atoms with Gasteiger partial charge in [0.1, 0.15) is 0 Å². The maximum absolute atomic E-state index is 6.05. The van der Waals surface area contributed by atoms with Crippen LogP contribution in [-0.4, -0.2) is 24.5 Å². The van der Waals surface area contributed by atoms with Gasteiger partial charge in [-0.05, 0) is 50.0 Å². The third-order valence-electron chi connectivity index (χ3n) is 3.56. The van der Waals surface area contributed by atoms with Crippen molar-refractivity contribution in [2.75, 3.05) is 25.4 Å². The lowest BCUT2D eigenvalue weighted by Gasteiger charge is -2.31. The summed E-state index contributed by atoms with van der Waals surface area (Å²) in [6.45, 7) is 5.71. The van der Waals surface area contributed by atoms with E-state index >= 15 is 0 Å². The lowest BCUT2D eigenvalue weighted by molar-refractivity contribution is 0.222. The maximum Gasteiger partial charge on any atom is 0.0638 e. The van der Waals surface area contributed by atoms with E-state index in [1.165, 1.54) is 31.5 Å². The van der Waals surface area contributed by atoms with E-state index in [1.807, 2.05) is 12.1 Å². The highest BCUT2D eigenvalue weighted by molar-refractivity contribution is 6.33. The molecule has 16 heavy (non-hydrogen) atoms. The molecule has 0 bridgehead atoms. The molecule has 2 rings (SSSR count). The predicted molar refractivity (Wildman–Crippen MR) is 70.0 cm³/mol. The van der Waals surface area contributed by atoms with E-state index in [1.54, 1.807) is 0 Å². The summed E-state index contributed by atoms with van der Waals surface area (Å²) >= 11 is 6.05. The van der Waals surface area contributed by atoms with Crippen LogP contribution in [0.2, 0.25) is 5.02 Å². The fraction of sp³-hybridized carbons (Fsp3) is 0.538. The Bertz CT molecular complexity index is 357. The van der Waals surface area contributed by atoms with Gasteiger partial charge >= 0.3 is 0 Å². The number of para-hydroxylation sites is 1. The number of nitrogen functional groups attached to an aromatic ring is 1. The molecule has 2 N–H and O–H groups in total. The number of hydrogen-bond acceptors (Lipinski definition) is 2. The van der Waals surface area contributed by atoms with Crippen molar-refractivity contribution in [1.29, 1.82) is 0 Å². The van der Waals surface area contributed by atoms with Crippen LogP contribution < -0.4 is 5.73 Å². The van der Waals surface area contributed by atoms with Gasteiger partial charge in [-0.25, -0.2) is 0 Å². The largest absolute Gasteiger partial charge is 0.397 e. The van der Waals surface area contributed by atoms with E-state index in [2.05, 4.69) is 17.9 Å². The second-order valence-electron chi connectivity index (χ2n) is 4.45. The van der Waals surface area contributed by atoms with Crippen LogP contribution in [0.15, 0.2) is 18.2 Å². The molecule has 1 aromatic carbocycles. The van der Waals surface area contributed by atoms with Gasteiger partial charge in [-0.2, -0.15) is 0 Å². The summed E-state index contributed by atoms with van der Waals surface area (Å²) in [6.07, 6.45) is 2.39. The molecule has 0 unspecified atom stereocenters. The number of likely N-dealkylation sites (tertiary alicyclic amines) is 1. The van der Waals surface area contributed by atoms with Crippen LogP contribution in [0.3, 0.4) is 0 Å². The van der Waals surface area contributed by atoms with Gasteiger partial charge in [0.25, 0.3) is 0 Å². The molecular weight excluding hydrogens is 220 g/mol. The molecule has 0 aliphatic carbocycles. The Balaban J connectivity index is 2.11. The zero-order valence-electron chi connectivity index (χ0n) is 9.75. The number of nitrogens with two attached hydrogens (primary N) is 1. The molecular formula is C13H19ClN2. The van der Waals surface area contributed by atoms with E-state index < -0.39 is 0 Å². The van der Waals surface area contributed by atoms with Gasteiger partial charge in [0.2, 0.25) is 0 Å². The Morgan fingerprint density at radius 3 is 2.69 bits per heavy atom. The van der Waals surface area contributed by atoms with Crippen molar-refractivity contribution >= 4 is 17.3 Å². The number of piperidine rings is 1. The van der Waals surface area contributed by atoms with Crippen LogP contribution in [0.5, 0.6) is 0 Å². The molecule has 1 fully saturated rings. The van der Waals surface area contributed by atoms with Crippen LogP contribution >= 0.6 is 11.6 Å². The fourth-order valence-corrected chi connectivity index (χ4v) is 2.65. The quantitative estimate of drug-likeness (QED) is 0.803. The van der Waals surface area contributed by atoms with Crippen molar-refractivity contribution in [3.8, 4) is 0 Å². The Morgan fingerprint density at radius 2 is 2.06 bits per heavy atom.